The van der Waals surface area contributed by atoms with E-state index in [2.05, 4.69) is 5.32 Å². The van der Waals surface area contributed by atoms with Crippen molar-refractivity contribution in [2.24, 2.45) is 5.73 Å². The number of ether oxygens (including phenoxy) is 2. The molecule has 0 aliphatic carbocycles. The average molecular weight is 406 g/mol. The molecule has 7 heteroatoms. The number of benzene rings is 1. The van der Waals surface area contributed by atoms with E-state index in [1.807, 2.05) is 62.9 Å². The molecule has 0 amide bonds. The molecule has 0 bridgehead atoms. The van der Waals surface area contributed by atoms with Crippen molar-refractivity contribution < 1.29 is 19.1 Å². The molecule has 0 aromatic heterocycles. The van der Waals surface area contributed by atoms with Crippen molar-refractivity contribution in [2.75, 3.05) is 26.2 Å². The molecule has 2 atom stereocenters. The lowest BCUT2D eigenvalue weighted by molar-refractivity contribution is -0.162. The van der Waals surface area contributed by atoms with E-state index in [0.29, 0.717) is 26.1 Å². The molecule has 2 rings (SSSR count). The Morgan fingerprint density at radius 1 is 1.28 bits per heavy atom. The molecule has 1 aliphatic rings. The molecule has 1 fully saturated rings. The summed E-state index contributed by atoms with van der Waals surface area (Å²) >= 11 is 0. The molecule has 0 radical (unpaired) electrons. The third kappa shape index (κ3) is 8.51. The van der Waals surface area contributed by atoms with Crippen molar-refractivity contribution in [3.8, 4) is 0 Å². The molecule has 162 valence electrons. The first-order valence-corrected chi connectivity index (χ1v) is 10.2. The molecule has 1 aliphatic heterocycles. The number of carbonyl (C=O) groups is 2. The number of hydrogen-bond donors (Lipinski definition) is 2. The van der Waals surface area contributed by atoms with E-state index in [1.165, 1.54) is 0 Å². The van der Waals surface area contributed by atoms with Gasteiger partial charge in [-0.05, 0) is 39.7 Å². The molecule has 1 heterocycles. The fraction of sp³-hybridized carbons (Fsp3) is 0.636. The smallest absolute Gasteiger partial charge is 0.323 e. The second-order valence-corrected chi connectivity index (χ2v) is 9.04. The predicted molar refractivity (Wildman–Crippen MR) is 112 cm³/mol. The van der Waals surface area contributed by atoms with E-state index >= 15 is 0 Å². The van der Waals surface area contributed by atoms with Crippen molar-refractivity contribution >= 4 is 11.9 Å². The Morgan fingerprint density at radius 2 is 1.97 bits per heavy atom. The van der Waals surface area contributed by atoms with Gasteiger partial charge in [0.15, 0.2) is 0 Å². The van der Waals surface area contributed by atoms with Gasteiger partial charge in [0, 0.05) is 38.1 Å². The number of carbonyl (C=O) groups excluding carboxylic acids is 2. The van der Waals surface area contributed by atoms with Crippen molar-refractivity contribution in [1.29, 1.82) is 0 Å². The zero-order chi connectivity index (χ0) is 21.5. The van der Waals surface area contributed by atoms with Crippen LogP contribution in [-0.2, 0) is 25.7 Å². The third-order valence-corrected chi connectivity index (χ3v) is 4.65. The van der Waals surface area contributed by atoms with Gasteiger partial charge in [0.05, 0.1) is 0 Å². The summed E-state index contributed by atoms with van der Waals surface area (Å²) < 4.78 is 11.0. The van der Waals surface area contributed by atoms with E-state index < -0.39 is 17.2 Å². The predicted octanol–water partition coefficient (Wildman–Crippen LogP) is 1.84. The van der Waals surface area contributed by atoms with E-state index in [-0.39, 0.29) is 25.0 Å². The number of hydrogen-bond acceptors (Lipinski definition) is 7. The largest absolute Gasteiger partial charge is 0.461 e. The summed E-state index contributed by atoms with van der Waals surface area (Å²) in [5.74, 6) is -0.656. The van der Waals surface area contributed by atoms with E-state index in [4.69, 9.17) is 15.2 Å². The number of nitrogens with one attached hydrogen (secondary N) is 1. The number of rotatable bonds is 7. The zero-order valence-corrected chi connectivity index (χ0v) is 18.1. The molecule has 0 spiro atoms. The molecule has 1 aromatic rings. The van der Waals surface area contributed by atoms with Crippen molar-refractivity contribution in [1.82, 2.24) is 10.2 Å². The topological polar surface area (TPSA) is 93.9 Å². The monoisotopic (exact) mass is 405 g/mol. The molecule has 29 heavy (non-hydrogen) atoms. The van der Waals surface area contributed by atoms with Crippen molar-refractivity contribution in [3.05, 3.63) is 35.9 Å². The highest BCUT2D eigenvalue weighted by Crippen LogP contribution is 2.18. The second kappa shape index (κ2) is 10.2. The van der Waals surface area contributed by atoms with Gasteiger partial charge < -0.3 is 20.5 Å². The lowest BCUT2D eigenvalue weighted by atomic mass is 10.0. The highest BCUT2D eigenvalue weighted by Gasteiger charge is 2.35. The van der Waals surface area contributed by atoms with Gasteiger partial charge in [-0.2, -0.15) is 0 Å². The second-order valence-electron chi connectivity index (χ2n) is 9.04. The minimum atomic E-state index is -0.598. The van der Waals surface area contributed by atoms with Crippen LogP contribution in [0.5, 0.6) is 0 Å². The summed E-state index contributed by atoms with van der Waals surface area (Å²) in [7, 11) is 0. The summed E-state index contributed by atoms with van der Waals surface area (Å²) in [6, 6.07) is 8.99. The van der Waals surface area contributed by atoms with Gasteiger partial charge in [0.25, 0.3) is 0 Å². The van der Waals surface area contributed by atoms with Gasteiger partial charge in [-0.1, -0.05) is 30.3 Å². The minimum Gasteiger partial charge on any atom is -0.461 e. The standard InChI is InChI=1S/C22H35N3O4/c1-21(2,3)29-20(27)18(25-13-12-24-15-22(4,23)16-25)10-11-19(26)28-14-17-8-6-5-7-9-17/h5-9,18,24H,10-16,23H2,1-4H3/t18-,22+/m1/s1. The van der Waals surface area contributed by atoms with E-state index in [1.54, 1.807) is 0 Å². The Bertz CT molecular complexity index is 670. The van der Waals surface area contributed by atoms with Crippen LogP contribution in [0.25, 0.3) is 0 Å². The fourth-order valence-corrected chi connectivity index (χ4v) is 3.35. The Morgan fingerprint density at radius 3 is 2.62 bits per heavy atom. The molecule has 0 unspecified atom stereocenters. The first-order chi connectivity index (χ1) is 13.6. The molecule has 7 nitrogen and oxygen atoms in total. The van der Waals surface area contributed by atoms with Crippen LogP contribution in [-0.4, -0.2) is 60.2 Å². The maximum atomic E-state index is 12.9. The molecule has 0 saturated carbocycles. The van der Waals surface area contributed by atoms with Crippen LogP contribution in [0, 0.1) is 0 Å². The van der Waals surface area contributed by atoms with Gasteiger partial charge in [-0.15, -0.1) is 0 Å². The minimum absolute atomic E-state index is 0.141. The fourth-order valence-electron chi connectivity index (χ4n) is 3.35. The summed E-state index contributed by atoms with van der Waals surface area (Å²) in [5, 5.41) is 3.30. The third-order valence-electron chi connectivity index (χ3n) is 4.65. The van der Waals surface area contributed by atoms with Crippen LogP contribution in [0.3, 0.4) is 0 Å². The highest BCUT2D eigenvalue weighted by atomic mass is 16.6. The maximum absolute atomic E-state index is 12.9. The van der Waals surface area contributed by atoms with Crippen LogP contribution < -0.4 is 11.1 Å². The Balaban J connectivity index is 2.00. The lowest BCUT2D eigenvalue weighted by Gasteiger charge is -2.35. The number of esters is 2. The SMILES string of the molecule is CC(C)(C)OC(=O)[C@@H](CCC(=O)OCc1ccccc1)N1CCNC[C@](C)(N)C1. The van der Waals surface area contributed by atoms with E-state index in [0.717, 1.165) is 12.1 Å². The Labute approximate surface area is 173 Å². The summed E-state index contributed by atoms with van der Waals surface area (Å²) in [6.07, 6.45) is 0.473. The first-order valence-electron chi connectivity index (χ1n) is 10.2. The van der Waals surface area contributed by atoms with Crippen molar-refractivity contribution in [2.45, 2.75) is 64.3 Å². The zero-order valence-electron chi connectivity index (χ0n) is 18.1. The molecule has 1 saturated heterocycles. The number of nitrogens with zero attached hydrogens (tertiary/aromatic N) is 1. The first kappa shape index (κ1) is 23.3. The Kier molecular flexibility index (Phi) is 8.19. The normalized spacial score (nSPS) is 21.8. The number of nitrogens with two attached hydrogens (primary N) is 1. The summed E-state index contributed by atoms with van der Waals surface area (Å²) in [5.41, 5.74) is 6.22. The van der Waals surface area contributed by atoms with Gasteiger partial charge in [-0.25, -0.2) is 0 Å². The van der Waals surface area contributed by atoms with Crippen LogP contribution in [0.4, 0.5) is 0 Å². The molecule has 1 aromatic carbocycles. The van der Waals surface area contributed by atoms with Gasteiger partial charge >= 0.3 is 11.9 Å². The maximum Gasteiger partial charge on any atom is 0.323 e. The summed E-state index contributed by atoms with van der Waals surface area (Å²) in [6.45, 7) is 10.3. The lowest BCUT2D eigenvalue weighted by Crippen LogP contribution is -2.55. The Hall–Kier alpha value is -1.96. The van der Waals surface area contributed by atoms with Gasteiger partial charge in [0.1, 0.15) is 18.2 Å². The van der Waals surface area contributed by atoms with Crippen LogP contribution in [0.2, 0.25) is 0 Å². The highest BCUT2D eigenvalue weighted by molar-refractivity contribution is 5.77. The van der Waals surface area contributed by atoms with Crippen LogP contribution >= 0.6 is 0 Å². The summed E-state index contributed by atoms with van der Waals surface area (Å²) in [4.78, 5) is 27.2. The van der Waals surface area contributed by atoms with Gasteiger partial charge in [0.2, 0.25) is 0 Å². The van der Waals surface area contributed by atoms with E-state index in [9.17, 15) is 9.59 Å². The molecule has 3 N–H and O–H groups in total. The van der Waals surface area contributed by atoms with Crippen LogP contribution in [0.1, 0.15) is 46.1 Å². The van der Waals surface area contributed by atoms with Crippen molar-refractivity contribution in [3.63, 3.8) is 0 Å². The van der Waals surface area contributed by atoms with Crippen LogP contribution in [0.15, 0.2) is 30.3 Å². The molecular formula is C22H35N3O4. The quantitative estimate of drug-likeness (QED) is 0.669. The van der Waals surface area contributed by atoms with Gasteiger partial charge in [-0.3, -0.25) is 14.5 Å². The molecular weight excluding hydrogens is 370 g/mol. The average Bonchev–Trinajstić information content (AvgIpc) is 2.80.